The fraction of sp³-hybridized carbons (Fsp3) is 0.312. The number of nitrogens with zero attached hydrogens (tertiary/aromatic N) is 1. The summed E-state index contributed by atoms with van der Waals surface area (Å²) in [7, 11) is 0. The van der Waals surface area contributed by atoms with Gasteiger partial charge in [0, 0.05) is 17.8 Å². The van der Waals surface area contributed by atoms with Gasteiger partial charge in [0.1, 0.15) is 6.26 Å². The molecule has 1 heterocycles. The summed E-state index contributed by atoms with van der Waals surface area (Å²) in [5.41, 5.74) is 7.43. The summed E-state index contributed by atoms with van der Waals surface area (Å²) in [6.07, 6.45) is 2.11. The Morgan fingerprint density at radius 1 is 1.29 bits per heavy atom. The molecule has 2 rings (SSSR count). The lowest BCUT2D eigenvalue weighted by molar-refractivity contribution is 0.0952. The van der Waals surface area contributed by atoms with E-state index in [1.165, 1.54) is 6.26 Å². The summed E-state index contributed by atoms with van der Waals surface area (Å²) >= 11 is 0. The number of hydrogen-bond acceptors (Lipinski definition) is 5. The number of nitrogens with two attached hydrogens (primary N) is 1. The van der Waals surface area contributed by atoms with Gasteiger partial charge in [-0.15, -0.1) is 12.4 Å². The fourth-order valence-electron chi connectivity index (χ4n) is 1.93. The monoisotopic (exact) mass is 352 g/mol. The van der Waals surface area contributed by atoms with E-state index in [4.69, 9.17) is 10.2 Å². The Balaban J connectivity index is 0.00000288. The van der Waals surface area contributed by atoms with E-state index in [0.29, 0.717) is 23.7 Å². The van der Waals surface area contributed by atoms with E-state index in [-0.39, 0.29) is 30.6 Å². The number of hydrogen-bond donors (Lipinski definition) is 3. The normalized spacial score (nSPS) is 9.96. The molecule has 0 spiro atoms. The number of aryl methyl sites for hydroxylation is 1. The number of carbonyl (C=O) groups is 2. The van der Waals surface area contributed by atoms with Gasteiger partial charge in [-0.2, -0.15) is 0 Å². The van der Waals surface area contributed by atoms with Crippen LogP contribution in [-0.2, 0) is 6.54 Å². The SMILES string of the molecule is CCCNC(=O)c1ccc(C)c(NC(=O)c2coc(CN)n2)c1.Cl. The maximum atomic E-state index is 12.2. The predicted molar refractivity (Wildman–Crippen MR) is 93.4 cm³/mol. The molecule has 2 aromatic rings. The van der Waals surface area contributed by atoms with Crippen LogP contribution in [0.25, 0.3) is 0 Å². The first-order chi connectivity index (χ1) is 11.0. The molecular weight excluding hydrogens is 332 g/mol. The summed E-state index contributed by atoms with van der Waals surface area (Å²) < 4.78 is 5.05. The van der Waals surface area contributed by atoms with Crippen molar-refractivity contribution in [1.82, 2.24) is 10.3 Å². The Kier molecular flexibility index (Phi) is 7.41. The van der Waals surface area contributed by atoms with Gasteiger partial charge < -0.3 is 20.8 Å². The second-order valence-corrected chi connectivity index (χ2v) is 5.07. The van der Waals surface area contributed by atoms with Crippen LogP contribution in [0.2, 0.25) is 0 Å². The lowest BCUT2D eigenvalue weighted by Crippen LogP contribution is -2.24. The molecule has 1 aromatic heterocycles. The Hall–Kier alpha value is -2.38. The first-order valence-electron chi connectivity index (χ1n) is 7.39. The van der Waals surface area contributed by atoms with Gasteiger partial charge in [0.05, 0.1) is 6.54 Å². The summed E-state index contributed by atoms with van der Waals surface area (Å²) in [6, 6.07) is 5.14. The van der Waals surface area contributed by atoms with Crippen molar-refractivity contribution >= 4 is 29.9 Å². The second-order valence-electron chi connectivity index (χ2n) is 5.07. The van der Waals surface area contributed by atoms with Crippen LogP contribution in [0, 0.1) is 6.92 Å². The number of anilines is 1. The Bertz CT molecular complexity index is 715. The van der Waals surface area contributed by atoms with Gasteiger partial charge in [-0.1, -0.05) is 13.0 Å². The van der Waals surface area contributed by atoms with Gasteiger partial charge in [0.25, 0.3) is 11.8 Å². The highest BCUT2D eigenvalue weighted by Crippen LogP contribution is 2.18. The Morgan fingerprint density at radius 3 is 2.67 bits per heavy atom. The largest absolute Gasteiger partial charge is 0.447 e. The Labute approximate surface area is 146 Å². The molecule has 0 atom stereocenters. The van der Waals surface area contributed by atoms with E-state index in [0.717, 1.165) is 12.0 Å². The van der Waals surface area contributed by atoms with Gasteiger partial charge in [-0.25, -0.2) is 4.98 Å². The summed E-state index contributed by atoms with van der Waals surface area (Å²) in [4.78, 5) is 28.1. The number of aromatic nitrogens is 1. The van der Waals surface area contributed by atoms with Crippen LogP contribution < -0.4 is 16.4 Å². The molecule has 0 unspecified atom stereocenters. The van der Waals surface area contributed by atoms with Crippen molar-refractivity contribution in [1.29, 1.82) is 0 Å². The average molecular weight is 353 g/mol. The highest BCUT2D eigenvalue weighted by atomic mass is 35.5. The summed E-state index contributed by atoms with van der Waals surface area (Å²) in [5, 5.41) is 5.53. The van der Waals surface area contributed by atoms with E-state index in [1.54, 1.807) is 18.2 Å². The first kappa shape index (κ1) is 19.7. The summed E-state index contributed by atoms with van der Waals surface area (Å²) in [6.45, 7) is 4.56. The van der Waals surface area contributed by atoms with Gasteiger partial charge >= 0.3 is 0 Å². The molecule has 0 saturated heterocycles. The lowest BCUT2D eigenvalue weighted by Gasteiger charge is -2.10. The van der Waals surface area contributed by atoms with Crippen LogP contribution in [0.5, 0.6) is 0 Å². The van der Waals surface area contributed by atoms with Crippen LogP contribution in [0.4, 0.5) is 5.69 Å². The third-order valence-electron chi connectivity index (χ3n) is 3.24. The van der Waals surface area contributed by atoms with Crippen molar-refractivity contribution in [2.24, 2.45) is 5.73 Å². The molecule has 0 bridgehead atoms. The van der Waals surface area contributed by atoms with Crippen molar-refractivity contribution in [3.8, 4) is 0 Å². The van der Waals surface area contributed by atoms with Crippen LogP contribution in [0.3, 0.4) is 0 Å². The van der Waals surface area contributed by atoms with E-state index in [2.05, 4.69) is 15.6 Å². The highest BCUT2D eigenvalue weighted by molar-refractivity contribution is 6.04. The van der Waals surface area contributed by atoms with Gasteiger partial charge in [0.2, 0.25) is 5.89 Å². The highest BCUT2D eigenvalue weighted by Gasteiger charge is 2.14. The zero-order chi connectivity index (χ0) is 16.8. The molecule has 4 N–H and O–H groups in total. The minimum atomic E-state index is -0.414. The molecule has 0 fully saturated rings. The minimum Gasteiger partial charge on any atom is -0.447 e. The van der Waals surface area contributed by atoms with Crippen LogP contribution in [0.15, 0.2) is 28.9 Å². The molecule has 8 heteroatoms. The molecule has 0 saturated carbocycles. The molecule has 24 heavy (non-hydrogen) atoms. The smallest absolute Gasteiger partial charge is 0.277 e. The minimum absolute atomic E-state index is 0. The number of benzene rings is 1. The number of halogens is 1. The maximum Gasteiger partial charge on any atom is 0.277 e. The lowest BCUT2D eigenvalue weighted by atomic mass is 10.1. The van der Waals surface area contributed by atoms with Crippen LogP contribution >= 0.6 is 12.4 Å². The molecule has 0 aliphatic heterocycles. The van der Waals surface area contributed by atoms with Crippen molar-refractivity contribution in [2.45, 2.75) is 26.8 Å². The van der Waals surface area contributed by atoms with E-state index in [9.17, 15) is 9.59 Å². The zero-order valence-electron chi connectivity index (χ0n) is 13.6. The molecular formula is C16H21ClN4O3. The fourth-order valence-corrected chi connectivity index (χ4v) is 1.93. The van der Waals surface area contributed by atoms with Crippen molar-refractivity contribution in [2.75, 3.05) is 11.9 Å². The third-order valence-corrected chi connectivity index (χ3v) is 3.24. The number of amides is 2. The average Bonchev–Trinajstić information content (AvgIpc) is 3.03. The molecule has 0 radical (unpaired) electrons. The number of carbonyl (C=O) groups excluding carboxylic acids is 2. The second kappa shape index (κ2) is 9.05. The zero-order valence-corrected chi connectivity index (χ0v) is 14.4. The number of oxazole rings is 1. The quantitative estimate of drug-likeness (QED) is 0.738. The molecule has 7 nitrogen and oxygen atoms in total. The molecule has 1 aromatic carbocycles. The molecule has 2 amide bonds. The molecule has 0 aliphatic carbocycles. The van der Waals surface area contributed by atoms with Gasteiger partial charge in [-0.3, -0.25) is 9.59 Å². The first-order valence-corrected chi connectivity index (χ1v) is 7.39. The molecule has 130 valence electrons. The molecule has 0 aliphatic rings. The number of rotatable bonds is 6. The third kappa shape index (κ3) is 4.81. The van der Waals surface area contributed by atoms with E-state index in [1.807, 2.05) is 13.8 Å². The predicted octanol–water partition coefficient (Wildman–Crippen LogP) is 2.26. The van der Waals surface area contributed by atoms with E-state index >= 15 is 0 Å². The summed E-state index contributed by atoms with van der Waals surface area (Å²) in [5.74, 6) is -0.295. The van der Waals surface area contributed by atoms with Gasteiger partial charge in [-0.05, 0) is 31.0 Å². The Morgan fingerprint density at radius 2 is 2.04 bits per heavy atom. The topological polar surface area (TPSA) is 110 Å². The van der Waals surface area contributed by atoms with Crippen molar-refractivity contribution in [3.05, 3.63) is 47.2 Å². The van der Waals surface area contributed by atoms with Crippen molar-refractivity contribution in [3.63, 3.8) is 0 Å². The van der Waals surface area contributed by atoms with Crippen LogP contribution in [-0.4, -0.2) is 23.3 Å². The number of nitrogens with one attached hydrogen (secondary N) is 2. The standard InChI is InChI=1S/C16H20N4O3.ClH/c1-3-6-18-15(21)11-5-4-10(2)12(7-11)20-16(22)13-9-23-14(8-17)19-13;/h4-5,7,9H,3,6,8,17H2,1-2H3,(H,18,21)(H,20,22);1H. The van der Waals surface area contributed by atoms with Crippen LogP contribution in [0.1, 0.15) is 45.6 Å². The van der Waals surface area contributed by atoms with Crippen molar-refractivity contribution < 1.29 is 14.0 Å². The van der Waals surface area contributed by atoms with E-state index < -0.39 is 5.91 Å². The maximum absolute atomic E-state index is 12.2. The van der Waals surface area contributed by atoms with Gasteiger partial charge in [0.15, 0.2) is 5.69 Å².